The van der Waals surface area contributed by atoms with Crippen LogP contribution in [0.15, 0.2) is 0 Å². The molecule has 8 heavy (non-hydrogen) atoms. The quantitative estimate of drug-likeness (QED) is 0.454. The molecule has 54 valence electrons. The van der Waals surface area contributed by atoms with E-state index in [1.807, 2.05) is 0 Å². The molecule has 0 unspecified atom stereocenters. The van der Waals surface area contributed by atoms with Gasteiger partial charge in [-0.1, -0.05) is 12.9 Å². The molecule has 0 aromatic rings. The molecule has 2 N–H and O–H groups in total. The fourth-order valence-electron chi connectivity index (χ4n) is 0. The molecule has 6 heteroatoms. The number of aliphatic hydroxyl groups excluding tert-OH is 2. The maximum atomic E-state index is 8.24. The van der Waals surface area contributed by atoms with Crippen molar-refractivity contribution in [3.63, 3.8) is 0 Å². The molecule has 4 nitrogen and oxygen atoms in total. The van der Waals surface area contributed by atoms with Crippen molar-refractivity contribution in [2.24, 2.45) is 0 Å². The third kappa shape index (κ3) is 4770. The third-order valence-corrected chi connectivity index (χ3v) is 0. The number of rotatable bonds is 0. The van der Waals surface area contributed by atoms with Gasteiger partial charge in [-0.2, -0.15) is 0 Å². The Morgan fingerprint density at radius 2 is 0.875 bits per heavy atom. The zero-order valence-electron chi connectivity index (χ0n) is 3.38. The largest absolute Gasteiger partial charge is 0.665 e. The Hall–Kier alpha value is 0.187. The molecule has 0 heterocycles. The first-order valence-corrected chi connectivity index (χ1v) is 0.855. The summed E-state index contributed by atoms with van der Waals surface area (Å²) in [5.74, 6) is 0. The summed E-state index contributed by atoms with van der Waals surface area (Å²) in [6.45, 7) is 1.00. The van der Waals surface area contributed by atoms with E-state index in [-0.39, 0.29) is 39.0 Å². The minimum absolute atomic E-state index is 0. The van der Waals surface area contributed by atoms with Gasteiger partial charge < -0.3 is 19.8 Å². The average molecular weight is 296 g/mol. The van der Waals surface area contributed by atoms with E-state index in [1.54, 1.807) is 0 Å². The predicted molar refractivity (Wildman–Crippen MR) is 16.6 cm³/mol. The first-order valence-electron chi connectivity index (χ1n) is 0.855. The van der Waals surface area contributed by atoms with E-state index >= 15 is 0 Å². The molecule has 0 aromatic heterocycles. The van der Waals surface area contributed by atoms with Crippen LogP contribution in [0, 0.1) is 0 Å². The smallest absolute Gasteiger partial charge is 0 e. The van der Waals surface area contributed by atoms with Crippen LogP contribution in [-0.4, -0.2) is 23.2 Å². The molecule has 0 aliphatic carbocycles. The summed E-state index contributed by atoms with van der Waals surface area (Å²) in [5.41, 5.74) is 0. The van der Waals surface area contributed by atoms with Gasteiger partial charge >= 0.3 is 0 Å². The summed E-state index contributed by atoms with van der Waals surface area (Å²) < 4.78 is 0. The van der Waals surface area contributed by atoms with Crippen LogP contribution >= 0.6 is 0 Å². The van der Waals surface area contributed by atoms with Crippen molar-refractivity contribution in [2.45, 2.75) is 0 Å². The van der Waals surface area contributed by atoms with Gasteiger partial charge in [0.25, 0.3) is 0 Å². The van der Waals surface area contributed by atoms with E-state index in [0.29, 0.717) is 12.9 Å². The first kappa shape index (κ1) is 24.1. The number of hydrogen-bond donors (Lipinski definition) is 2. The molecular formula is C2H2O4Rh2-2. The van der Waals surface area contributed by atoms with Gasteiger partial charge in [0.05, 0.1) is 0 Å². The zero-order valence-corrected chi connectivity index (χ0v) is 6.65. The Labute approximate surface area is 71.8 Å². The average Bonchev–Trinajstić information content (AvgIpc) is 1.39. The molecule has 0 bridgehead atoms. The van der Waals surface area contributed by atoms with Gasteiger partial charge in [0, 0.05) is 39.0 Å². The summed E-state index contributed by atoms with van der Waals surface area (Å²) >= 11 is 0. The van der Waals surface area contributed by atoms with Gasteiger partial charge in [-0.25, -0.2) is 0 Å². The Balaban J connectivity index is -0.0000000160. The Bertz CT molecular complexity index is 33.0. The van der Waals surface area contributed by atoms with E-state index in [1.165, 1.54) is 0 Å². The Kier molecular flexibility index (Phi) is 173. The second kappa shape index (κ2) is 57.5. The van der Waals surface area contributed by atoms with Crippen LogP contribution in [0.1, 0.15) is 0 Å². The molecule has 0 aromatic carbocycles. The second-order valence-electron chi connectivity index (χ2n) is 0.183. The molecule has 0 atom stereocenters. The Morgan fingerprint density at radius 1 is 0.875 bits per heavy atom. The second-order valence-corrected chi connectivity index (χ2v) is 0.183. The van der Waals surface area contributed by atoms with Gasteiger partial charge in [-0.05, 0) is 0 Å². The van der Waals surface area contributed by atoms with Crippen molar-refractivity contribution in [3.05, 3.63) is 0 Å². The van der Waals surface area contributed by atoms with Gasteiger partial charge in [0.15, 0.2) is 0 Å². The summed E-state index contributed by atoms with van der Waals surface area (Å²) in [6, 6.07) is 0. The maximum Gasteiger partial charge on any atom is 0 e. The predicted octanol–water partition coefficient (Wildman–Crippen LogP) is -0.782. The molecule has 0 aliphatic heterocycles. The molecular weight excluding hydrogens is 294 g/mol. The van der Waals surface area contributed by atoms with Crippen molar-refractivity contribution in [1.82, 2.24) is 0 Å². The topological polar surface area (TPSA) is 74.6 Å². The van der Waals surface area contributed by atoms with Crippen molar-refractivity contribution in [3.8, 4) is 0 Å². The van der Waals surface area contributed by atoms with Crippen molar-refractivity contribution in [1.29, 1.82) is 0 Å². The van der Waals surface area contributed by atoms with Crippen molar-refractivity contribution in [2.75, 3.05) is 0 Å². The van der Waals surface area contributed by atoms with Crippen LogP contribution < -0.4 is 0 Å². The van der Waals surface area contributed by atoms with Crippen LogP contribution in [0.4, 0.5) is 0 Å². The van der Waals surface area contributed by atoms with Gasteiger partial charge in [-0.15, -0.1) is 0 Å². The zero-order chi connectivity index (χ0) is 5.41. The summed E-state index contributed by atoms with van der Waals surface area (Å²) in [7, 11) is 0. The Morgan fingerprint density at radius 3 is 0.875 bits per heavy atom. The van der Waals surface area contributed by atoms with Gasteiger partial charge in [0.1, 0.15) is 0 Å². The van der Waals surface area contributed by atoms with Gasteiger partial charge in [0.2, 0.25) is 0 Å². The minimum Gasteiger partial charge on any atom is -0.665 e. The molecule has 0 rings (SSSR count). The monoisotopic (exact) mass is 296 g/mol. The molecule has 2 radical (unpaired) electrons. The van der Waals surface area contributed by atoms with E-state index in [9.17, 15) is 0 Å². The molecule has 0 saturated heterocycles. The van der Waals surface area contributed by atoms with E-state index < -0.39 is 0 Å². The molecule has 0 spiro atoms. The van der Waals surface area contributed by atoms with Crippen LogP contribution in [0.2, 0.25) is 0 Å². The standard InChI is InChI=1S/2CHO2.2Rh/c2*2-1-3;;/h2*(H,2,3);;/q2*-1;;. The minimum atomic E-state index is 0. The fraction of sp³-hybridized carbons (Fsp3) is 0. The summed E-state index contributed by atoms with van der Waals surface area (Å²) in [6.07, 6.45) is 0. The molecule has 0 amide bonds. The van der Waals surface area contributed by atoms with Crippen LogP contribution in [0.5, 0.6) is 0 Å². The van der Waals surface area contributed by atoms with E-state index in [2.05, 4.69) is 0 Å². The van der Waals surface area contributed by atoms with E-state index in [4.69, 9.17) is 19.8 Å². The van der Waals surface area contributed by atoms with Crippen LogP contribution in [0.25, 0.3) is 0 Å². The summed E-state index contributed by atoms with van der Waals surface area (Å²) in [5, 5.41) is 13.5. The first-order chi connectivity index (χ1) is 2.83. The van der Waals surface area contributed by atoms with Crippen molar-refractivity contribution < 1.29 is 58.8 Å². The fourth-order valence-corrected chi connectivity index (χ4v) is 0. The van der Waals surface area contributed by atoms with E-state index in [0.717, 1.165) is 0 Å². The van der Waals surface area contributed by atoms with Crippen LogP contribution in [0.3, 0.4) is 0 Å². The number of hydrogen-bond acceptors (Lipinski definition) is 2. The maximum absolute atomic E-state index is 8.24. The molecule has 0 saturated carbocycles. The van der Waals surface area contributed by atoms with Crippen LogP contribution in [-0.2, 0) is 48.5 Å². The third-order valence-electron chi connectivity index (χ3n) is 0. The normalized spacial score (nSPS) is 3.00. The van der Waals surface area contributed by atoms with Gasteiger partial charge in [-0.3, -0.25) is 0 Å². The molecule has 0 fully saturated rings. The summed E-state index contributed by atoms with van der Waals surface area (Å²) in [4.78, 5) is 16.5. The van der Waals surface area contributed by atoms with Crippen molar-refractivity contribution >= 4 is 12.9 Å². The molecule has 0 aliphatic rings. The SMILES string of the molecule is O=[C-]O.O=[C-]O.[Rh].[Rh].